The van der Waals surface area contributed by atoms with Gasteiger partial charge in [-0.2, -0.15) is 5.26 Å². The molecule has 3 aromatic rings. The predicted molar refractivity (Wildman–Crippen MR) is 117 cm³/mol. The molecule has 152 valence electrons. The zero-order valence-corrected chi connectivity index (χ0v) is 17.2. The maximum atomic E-state index is 12.8. The van der Waals surface area contributed by atoms with Crippen molar-refractivity contribution in [1.82, 2.24) is 9.55 Å². The number of anilines is 3. The molecule has 1 aliphatic heterocycles. The Balaban J connectivity index is 1.58. The molecule has 30 heavy (non-hydrogen) atoms. The summed E-state index contributed by atoms with van der Waals surface area (Å²) in [6.45, 7) is 0.503. The number of nitrogens with zero attached hydrogens (tertiary/aromatic N) is 3. The van der Waals surface area contributed by atoms with Crippen molar-refractivity contribution in [2.75, 3.05) is 17.2 Å². The highest BCUT2D eigenvalue weighted by Crippen LogP contribution is 2.39. The maximum absolute atomic E-state index is 12.8. The number of pyridine rings is 2. The Morgan fingerprint density at radius 3 is 3.00 bits per heavy atom. The van der Waals surface area contributed by atoms with E-state index >= 15 is 0 Å². The molecule has 0 amide bonds. The van der Waals surface area contributed by atoms with Crippen LogP contribution in [0.4, 0.5) is 17.1 Å². The molecule has 1 aromatic carbocycles. The smallest absolute Gasteiger partial charge is 0.295 e. The largest absolute Gasteiger partial charge is 0.484 e. The van der Waals surface area contributed by atoms with Crippen LogP contribution in [0.5, 0.6) is 5.75 Å². The summed E-state index contributed by atoms with van der Waals surface area (Å²) < 4.78 is 7.51. The fourth-order valence-electron chi connectivity index (χ4n) is 3.99. The van der Waals surface area contributed by atoms with Crippen molar-refractivity contribution >= 4 is 39.6 Å². The highest BCUT2D eigenvalue weighted by Gasteiger charge is 2.30. The fraction of sp³-hybridized carbons (Fsp3) is 0.318. The molecule has 7 nitrogen and oxygen atoms in total. The molecule has 0 radical (unpaired) electrons. The lowest BCUT2D eigenvalue weighted by molar-refractivity contribution is 0.270. The number of benzene rings is 1. The Bertz CT molecular complexity index is 1260. The summed E-state index contributed by atoms with van der Waals surface area (Å²) in [6.07, 6.45) is 5.14. The maximum Gasteiger partial charge on any atom is 0.295 e. The molecule has 1 unspecified atom stereocenters. The van der Waals surface area contributed by atoms with Crippen LogP contribution in [-0.4, -0.2) is 22.2 Å². The number of rotatable bonds is 4. The van der Waals surface area contributed by atoms with Crippen LogP contribution in [0, 0.1) is 17.2 Å². The summed E-state index contributed by atoms with van der Waals surface area (Å²) in [6, 6.07) is 9.70. The lowest BCUT2D eigenvalue weighted by Gasteiger charge is -2.29. The first-order chi connectivity index (χ1) is 14.5. The number of aryl methyl sites for hydroxylation is 1. The number of ether oxygens (including phenoxy) is 1. The molecular weight excluding hydrogens is 402 g/mol. The second kappa shape index (κ2) is 7.22. The highest BCUT2D eigenvalue weighted by molar-refractivity contribution is 6.31. The Morgan fingerprint density at radius 1 is 1.40 bits per heavy atom. The highest BCUT2D eigenvalue weighted by atomic mass is 35.5. The van der Waals surface area contributed by atoms with E-state index in [4.69, 9.17) is 16.3 Å². The molecule has 0 saturated heterocycles. The van der Waals surface area contributed by atoms with Crippen LogP contribution in [0.2, 0.25) is 5.15 Å². The lowest BCUT2D eigenvalue weighted by atomic mass is 10.1. The zero-order valence-electron chi connectivity index (χ0n) is 16.4. The first kappa shape index (κ1) is 18.8. The van der Waals surface area contributed by atoms with Crippen molar-refractivity contribution in [3.05, 3.63) is 51.5 Å². The molecule has 1 atom stereocenters. The number of halogens is 1. The molecule has 3 heterocycles. The van der Waals surface area contributed by atoms with E-state index in [2.05, 4.69) is 21.7 Å². The van der Waals surface area contributed by atoms with E-state index in [0.717, 1.165) is 34.6 Å². The van der Waals surface area contributed by atoms with Crippen molar-refractivity contribution in [2.45, 2.75) is 25.3 Å². The number of nitriles is 1. The van der Waals surface area contributed by atoms with Gasteiger partial charge in [-0.1, -0.05) is 24.4 Å². The molecule has 2 aliphatic rings. The third kappa shape index (κ3) is 3.23. The van der Waals surface area contributed by atoms with E-state index in [0.29, 0.717) is 18.0 Å². The van der Waals surface area contributed by atoms with Gasteiger partial charge in [-0.25, -0.2) is 4.98 Å². The lowest BCUT2D eigenvalue weighted by Crippen LogP contribution is -2.35. The van der Waals surface area contributed by atoms with Crippen molar-refractivity contribution in [3.63, 3.8) is 0 Å². The molecule has 1 saturated carbocycles. The van der Waals surface area contributed by atoms with Crippen LogP contribution in [0.3, 0.4) is 0 Å². The van der Waals surface area contributed by atoms with Gasteiger partial charge in [-0.05, 0) is 36.6 Å². The van der Waals surface area contributed by atoms with Gasteiger partial charge in [-0.15, -0.1) is 0 Å². The molecule has 0 bridgehead atoms. The summed E-state index contributed by atoms with van der Waals surface area (Å²) in [5, 5.41) is 17.2. The minimum Gasteiger partial charge on any atom is -0.484 e. The van der Waals surface area contributed by atoms with Gasteiger partial charge in [0, 0.05) is 24.3 Å². The topological polar surface area (TPSA) is 92.0 Å². The molecule has 2 N–H and O–H groups in total. The van der Waals surface area contributed by atoms with E-state index in [-0.39, 0.29) is 22.3 Å². The van der Waals surface area contributed by atoms with Crippen LogP contribution in [0.1, 0.15) is 24.8 Å². The quantitative estimate of drug-likeness (QED) is 0.614. The second-order valence-electron chi connectivity index (χ2n) is 7.89. The third-order valence-electron chi connectivity index (χ3n) is 5.74. The molecule has 1 fully saturated rings. The first-order valence-electron chi connectivity index (χ1n) is 9.93. The Kier molecular flexibility index (Phi) is 4.52. The van der Waals surface area contributed by atoms with Gasteiger partial charge in [-0.3, -0.25) is 4.79 Å². The zero-order chi connectivity index (χ0) is 20.8. The number of fused-ring (bicyclic) bond motifs is 3. The van der Waals surface area contributed by atoms with Crippen molar-refractivity contribution in [2.24, 2.45) is 13.0 Å². The van der Waals surface area contributed by atoms with Gasteiger partial charge in [0.05, 0.1) is 22.9 Å². The molecule has 1 aliphatic carbocycles. The third-order valence-corrected chi connectivity index (χ3v) is 6.03. The van der Waals surface area contributed by atoms with Crippen LogP contribution in [0.25, 0.3) is 10.9 Å². The van der Waals surface area contributed by atoms with Gasteiger partial charge in [0.15, 0.2) is 0 Å². The van der Waals surface area contributed by atoms with E-state index in [1.165, 1.54) is 12.8 Å². The fourth-order valence-corrected chi connectivity index (χ4v) is 4.19. The van der Waals surface area contributed by atoms with Gasteiger partial charge in [0.1, 0.15) is 23.4 Å². The standard InChI is InChI=1S/C22H20ClN5O2/c1-28-18-5-4-13(26-17-6-7-25-21(23)16(17)10-24)9-15(18)19-20(22(28)29)30-11-14(27-19)8-12-2-3-12/h4-7,9,12,14,27H,2-3,8,11H2,1H3,(H,25,26). The number of hydrogen-bond donors (Lipinski definition) is 2. The number of hydrogen-bond acceptors (Lipinski definition) is 6. The van der Waals surface area contributed by atoms with Crippen LogP contribution in [-0.2, 0) is 7.05 Å². The summed E-state index contributed by atoms with van der Waals surface area (Å²) in [5.74, 6) is 1.11. The Labute approximate surface area is 178 Å². The monoisotopic (exact) mass is 421 g/mol. The molecule has 2 aromatic heterocycles. The number of nitrogens with one attached hydrogen (secondary N) is 2. The van der Waals surface area contributed by atoms with Gasteiger partial charge in [0.2, 0.25) is 5.75 Å². The van der Waals surface area contributed by atoms with E-state index in [9.17, 15) is 10.1 Å². The van der Waals surface area contributed by atoms with Crippen molar-refractivity contribution < 1.29 is 4.74 Å². The van der Waals surface area contributed by atoms with Crippen molar-refractivity contribution in [1.29, 1.82) is 5.26 Å². The molecular formula is C22H20ClN5O2. The van der Waals surface area contributed by atoms with Gasteiger partial charge < -0.3 is 19.9 Å². The van der Waals surface area contributed by atoms with Crippen molar-refractivity contribution in [3.8, 4) is 11.8 Å². The Morgan fingerprint density at radius 2 is 2.23 bits per heavy atom. The van der Waals surface area contributed by atoms with E-state index < -0.39 is 0 Å². The summed E-state index contributed by atoms with van der Waals surface area (Å²) in [7, 11) is 1.74. The van der Waals surface area contributed by atoms with E-state index in [1.807, 2.05) is 18.2 Å². The summed E-state index contributed by atoms with van der Waals surface area (Å²) >= 11 is 6.05. The predicted octanol–water partition coefficient (Wildman–Crippen LogP) is 4.18. The average Bonchev–Trinajstić information content (AvgIpc) is 3.56. The SMILES string of the molecule is Cn1c(=O)c2c(c3cc(Nc4ccnc(Cl)c4C#N)ccc31)NC(CC1CC1)CO2. The second-order valence-corrected chi connectivity index (χ2v) is 8.25. The minimum absolute atomic E-state index is 0.150. The number of aromatic nitrogens is 2. The molecule has 8 heteroatoms. The Hall–Kier alpha value is -3.24. The molecule has 5 rings (SSSR count). The summed E-state index contributed by atoms with van der Waals surface area (Å²) in [4.78, 5) is 16.7. The minimum atomic E-state index is -0.150. The van der Waals surface area contributed by atoms with Crippen LogP contribution < -0.4 is 20.9 Å². The van der Waals surface area contributed by atoms with Gasteiger partial charge in [0.25, 0.3) is 5.56 Å². The summed E-state index contributed by atoms with van der Waals surface area (Å²) in [5.41, 5.74) is 3.03. The van der Waals surface area contributed by atoms with Crippen LogP contribution in [0.15, 0.2) is 35.3 Å². The average molecular weight is 422 g/mol. The van der Waals surface area contributed by atoms with Crippen LogP contribution >= 0.6 is 11.6 Å². The molecule has 0 spiro atoms. The van der Waals surface area contributed by atoms with E-state index in [1.54, 1.807) is 23.9 Å². The normalized spacial score (nSPS) is 17.6. The first-order valence-corrected chi connectivity index (χ1v) is 10.3. The van der Waals surface area contributed by atoms with Gasteiger partial charge >= 0.3 is 0 Å².